The Kier molecular flexibility index (Phi) is 5.05. The molecule has 0 amide bonds. The maximum atomic E-state index is 10.4. The van der Waals surface area contributed by atoms with Crippen LogP contribution in [0.5, 0.6) is 0 Å². The van der Waals surface area contributed by atoms with E-state index in [9.17, 15) is 8.42 Å². The van der Waals surface area contributed by atoms with Gasteiger partial charge < -0.3 is 5.11 Å². The molecule has 0 spiro atoms. The van der Waals surface area contributed by atoms with Crippen molar-refractivity contribution in [2.24, 2.45) is 0 Å². The van der Waals surface area contributed by atoms with Gasteiger partial charge in [-0.25, -0.2) is 0 Å². The summed E-state index contributed by atoms with van der Waals surface area (Å²) in [5.74, 6) is 0. The standard InChI is InChI=1S/C6H7NO4S.Na.H/c8-6(12(9,10)11)5-1-3-7-4-2-5;;/h1-4,6,8H,(H,9,10,11);;. The van der Waals surface area contributed by atoms with E-state index in [-0.39, 0.29) is 35.1 Å². The van der Waals surface area contributed by atoms with Crippen LogP contribution in [0.4, 0.5) is 0 Å². The summed E-state index contributed by atoms with van der Waals surface area (Å²) in [5.41, 5.74) is -1.80. The van der Waals surface area contributed by atoms with Gasteiger partial charge in [0, 0.05) is 18.0 Å². The molecule has 1 heterocycles. The van der Waals surface area contributed by atoms with Crippen LogP contribution in [0.1, 0.15) is 11.0 Å². The van der Waals surface area contributed by atoms with Gasteiger partial charge in [0.25, 0.3) is 10.1 Å². The first-order valence-electron chi connectivity index (χ1n) is 3.06. The Labute approximate surface area is 97.9 Å². The van der Waals surface area contributed by atoms with Crippen LogP contribution in [-0.2, 0) is 10.1 Å². The van der Waals surface area contributed by atoms with E-state index in [4.69, 9.17) is 9.66 Å². The summed E-state index contributed by atoms with van der Waals surface area (Å²) in [5, 5.41) is 8.99. The normalized spacial score (nSPS) is 13.1. The zero-order valence-electron chi connectivity index (χ0n) is 5.95. The number of aliphatic hydroxyl groups is 1. The molecule has 0 aliphatic carbocycles. The Bertz CT molecular complexity index is 352. The van der Waals surface area contributed by atoms with Crippen LogP contribution in [0, 0.1) is 0 Å². The van der Waals surface area contributed by atoms with E-state index in [1.54, 1.807) is 0 Å². The van der Waals surface area contributed by atoms with E-state index in [1.807, 2.05) is 0 Å². The SMILES string of the molecule is O=S(=O)(O)C(O)c1ccncc1.[NaH]. The Balaban J connectivity index is 0.00000144. The van der Waals surface area contributed by atoms with Crippen LogP contribution in [-0.4, -0.2) is 52.6 Å². The van der Waals surface area contributed by atoms with E-state index in [2.05, 4.69) is 4.98 Å². The first-order chi connectivity index (χ1) is 5.52. The average Bonchev–Trinajstić information content (AvgIpc) is 2.03. The van der Waals surface area contributed by atoms with E-state index < -0.39 is 15.6 Å². The predicted molar refractivity (Wildman–Crippen MR) is 47.9 cm³/mol. The number of aromatic nitrogens is 1. The molecule has 0 fully saturated rings. The summed E-state index contributed by atoms with van der Waals surface area (Å²) in [6.07, 6.45) is 2.65. The second kappa shape index (κ2) is 5.04. The van der Waals surface area contributed by atoms with Gasteiger partial charge in [-0.15, -0.1) is 0 Å². The topological polar surface area (TPSA) is 87.5 Å². The second-order valence-electron chi connectivity index (χ2n) is 2.15. The van der Waals surface area contributed by atoms with Crippen molar-refractivity contribution in [1.82, 2.24) is 4.98 Å². The summed E-state index contributed by atoms with van der Waals surface area (Å²) in [6.45, 7) is 0. The van der Waals surface area contributed by atoms with Crippen molar-refractivity contribution in [2.45, 2.75) is 5.44 Å². The molecule has 13 heavy (non-hydrogen) atoms. The number of aliphatic hydroxyl groups excluding tert-OH is 1. The summed E-state index contributed by atoms with van der Waals surface area (Å²) >= 11 is 0. The van der Waals surface area contributed by atoms with Crippen LogP contribution >= 0.6 is 0 Å². The van der Waals surface area contributed by atoms with Gasteiger partial charge in [-0.3, -0.25) is 9.54 Å². The predicted octanol–water partition coefficient (Wildman–Crippen LogP) is -0.688. The quantitative estimate of drug-likeness (QED) is 0.501. The number of hydrogen-bond acceptors (Lipinski definition) is 4. The zero-order valence-corrected chi connectivity index (χ0v) is 6.77. The number of nitrogens with zero attached hydrogens (tertiary/aromatic N) is 1. The number of hydrogen-bond donors (Lipinski definition) is 2. The molecule has 1 aromatic heterocycles. The third-order valence-electron chi connectivity index (χ3n) is 1.27. The first-order valence-corrected chi connectivity index (χ1v) is 4.56. The van der Waals surface area contributed by atoms with Crippen molar-refractivity contribution in [3.8, 4) is 0 Å². The molecule has 2 N–H and O–H groups in total. The Morgan fingerprint density at radius 2 is 1.77 bits per heavy atom. The fourth-order valence-corrected chi connectivity index (χ4v) is 1.20. The molecule has 5 nitrogen and oxygen atoms in total. The van der Waals surface area contributed by atoms with Gasteiger partial charge in [0.2, 0.25) is 5.44 Å². The molecule has 1 rings (SSSR count). The van der Waals surface area contributed by atoms with E-state index in [0.717, 1.165) is 0 Å². The fraction of sp³-hybridized carbons (Fsp3) is 0.167. The summed E-state index contributed by atoms with van der Waals surface area (Å²) in [7, 11) is -4.43. The Morgan fingerprint density at radius 3 is 2.15 bits per heavy atom. The third kappa shape index (κ3) is 3.72. The number of rotatable bonds is 2. The van der Waals surface area contributed by atoms with Crippen molar-refractivity contribution in [3.05, 3.63) is 30.1 Å². The van der Waals surface area contributed by atoms with Crippen molar-refractivity contribution in [1.29, 1.82) is 0 Å². The zero-order chi connectivity index (χ0) is 9.19. The van der Waals surface area contributed by atoms with Gasteiger partial charge in [0.15, 0.2) is 0 Å². The van der Waals surface area contributed by atoms with Crippen LogP contribution in [0.15, 0.2) is 24.5 Å². The second-order valence-corrected chi connectivity index (χ2v) is 3.62. The maximum absolute atomic E-state index is 10.4. The molecule has 1 aromatic rings. The molecule has 7 heteroatoms. The third-order valence-corrected chi connectivity index (χ3v) is 2.11. The molecule has 68 valence electrons. The monoisotopic (exact) mass is 213 g/mol. The number of pyridine rings is 1. The van der Waals surface area contributed by atoms with Crippen molar-refractivity contribution >= 4 is 39.7 Å². The summed E-state index contributed by atoms with van der Waals surface area (Å²) in [6, 6.07) is 2.61. The van der Waals surface area contributed by atoms with Crippen molar-refractivity contribution in [2.75, 3.05) is 0 Å². The van der Waals surface area contributed by atoms with Crippen molar-refractivity contribution < 1.29 is 18.1 Å². The molecule has 0 aliphatic rings. The van der Waals surface area contributed by atoms with Crippen LogP contribution in [0.2, 0.25) is 0 Å². The molecule has 1 unspecified atom stereocenters. The van der Waals surface area contributed by atoms with Gasteiger partial charge in [0.05, 0.1) is 0 Å². The fourth-order valence-electron chi connectivity index (χ4n) is 0.700. The average molecular weight is 213 g/mol. The minimum absolute atomic E-state index is 0. The molecule has 0 bridgehead atoms. The Morgan fingerprint density at radius 1 is 1.31 bits per heavy atom. The van der Waals surface area contributed by atoms with Gasteiger partial charge in [-0.05, 0) is 12.1 Å². The molecular formula is C6H8NNaO4S. The van der Waals surface area contributed by atoms with Gasteiger partial charge in [-0.2, -0.15) is 8.42 Å². The van der Waals surface area contributed by atoms with Gasteiger partial charge >= 0.3 is 29.6 Å². The molecule has 0 saturated heterocycles. The molecule has 0 saturated carbocycles. The summed E-state index contributed by atoms with van der Waals surface area (Å²) in [4.78, 5) is 3.62. The van der Waals surface area contributed by atoms with E-state index >= 15 is 0 Å². The summed E-state index contributed by atoms with van der Waals surface area (Å²) < 4.78 is 29.3. The van der Waals surface area contributed by atoms with Crippen LogP contribution in [0.25, 0.3) is 0 Å². The molecular weight excluding hydrogens is 205 g/mol. The Hall–Kier alpha value is 0.0200. The van der Waals surface area contributed by atoms with E-state index in [0.29, 0.717) is 0 Å². The minimum atomic E-state index is -4.43. The van der Waals surface area contributed by atoms with Crippen molar-refractivity contribution in [3.63, 3.8) is 0 Å². The molecule has 0 aromatic carbocycles. The van der Waals surface area contributed by atoms with E-state index in [1.165, 1.54) is 24.5 Å². The van der Waals surface area contributed by atoms with Gasteiger partial charge in [0.1, 0.15) is 0 Å². The molecule has 1 atom stereocenters. The molecule has 0 aliphatic heterocycles. The van der Waals surface area contributed by atoms with Crippen LogP contribution in [0.3, 0.4) is 0 Å². The molecule has 0 radical (unpaired) electrons. The first kappa shape index (κ1) is 13.0. The van der Waals surface area contributed by atoms with Gasteiger partial charge in [-0.1, -0.05) is 0 Å². The van der Waals surface area contributed by atoms with Crippen LogP contribution < -0.4 is 0 Å².